The molecular weight excluding hydrogens is 1170 g/mol. The summed E-state index contributed by atoms with van der Waals surface area (Å²) >= 11 is 0. The Kier molecular flexibility index (Phi) is 58.5. The third-order valence-corrected chi connectivity index (χ3v) is 18.3. The lowest BCUT2D eigenvalue weighted by molar-refractivity contribution is -0.161. The fourth-order valence-corrected chi connectivity index (χ4v) is 12.0. The van der Waals surface area contributed by atoms with E-state index in [4.69, 9.17) is 37.0 Å². The number of carbonyl (C=O) groups is 4. The average molecular weight is 1310 g/mol. The van der Waals surface area contributed by atoms with Gasteiger partial charge in [0, 0.05) is 25.7 Å². The molecule has 0 aromatic carbocycles. The molecule has 0 bridgehead atoms. The molecule has 3 N–H and O–H groups in total. The van der Waals surface area contributed by atoms with Crippen molar-refractivity contribution in [3.63, 3.8) is 0 Å². The van der Waals surface area contributed by atoms with Crippen molar-refractivity contribution in [3.8, 4) is 0 Å². The highest BCUT2D eigenvalue weighted by atomic mass is 31.2. The zero-order chi connectivity index (χ0) is 66.1. The lowest BCUT2D eigenvalue weighted by atomic mass is 10.00. The standard InChI is InChI=1S/C70H136O17P2/c1-9-63(8)49-41-33-28-29-35-43-51-68(73)81-57-66(86-69(74)52-44-36-25-18-16-14-12-10-11-13-15-17-22-30-38-46-60(2)3)59-85-89(78,79)83-55-64(71)54-82-88(76,77)84-58-65(56-80-67(72)50-42-34-27-21-24-32-40-48-62(6)7)87-70(75)53-45-37-26-20-19-23-31-39-47-61(4)5/h60-66,71H,9-59H2,1-8H3,(H,76,77)(H,78,79)/t63?,64?,65-,66-/m1/s1. The van der Waals surface area contributed by atoms with E-state index < -0.39 is 97.5 Å². The second-order valence-electron chi connectivity index (χ2n) is 26.9. The van der Waals surface area contributed by atoms with Crippen molar-refractivity contribution in [1.29, 1.82) is 0 Å². The van der Waals surface area contributed by atoms with Crippen LogP contribution in [-0.2, 0) is 65.4 Å². The highest BCUT2D eigenvalue weighted by molar-refractivity contribution is 7.47. The van der Waals surface area contributed by atoms with Gasteiger partial charge in [-0.3, -0.25) is 37.3 Å². The Labute approximate surface area is 543 Å². The van der Waals surface area contributed by atoms with Crippen LogP contribution in [0.2, 0.25) is 0 Å². The number of hydrogen-bond acceptors (Lipinski definition) is 15. The van der Waals surface area contributed by atoms with Crippen molar-refractivity contribution in [2.24, 2.45) is 23.7 Å². The van der Waals surface area contributed by atoms with E-state index in [9.17, 15) is 43.2 Å². The molecule has 0 saturated heterocycles. The molecule has 0 rings (SSSR count). The number of esters is 4. The summed E-state index contributed by atoms with van der Waals surface area (Å²) in [5.41, 5.74) is 0. The van der Waals surface area contributed by atoms with E-state index in [-0.39, 0.29) is 25.7 Å². The van der Waals surface area contributed by atoms with Crippen LogP contribution in [0.4, 0.5) is 0 Å². The summed E-state index contributed by atoms with van der Waals surface area (Å²) in [4.78, 5) is 72.5. The van der Waals surface area contributed by atoms with Gasteiger partial charge in [0.2, 0.25) is 0 Å². The van der Waals surface area contributed by atoms with E-state index in [1.54, 1.807) is 0 Å². The molecule has 0 amide bonds. The van der Waals surface area contributed by atoms with Gasteiger partial charge in [-0.1, -0.05) is 293 Å². The molecule has 0 aromatic rings. The number of hydrogen-bond donors (Lipinski definition) is 3. The van der Waals surface area contributed by atoms with Gasteiger partial charge in [0.05, 0.1) is 26.4 Å². The molecule has 89 heavy (non-hydrogen) atoms. The number of phosphoric acid groups is 2. The molecule has 0 fully saturated rings. The monoisotopic (exact) mass is 1310 g/mol. The van der Waals surface area contributed by atoms with Crippen LogP contribution in [0.1, 0.15) is 344 Å². The van der Waals surface area contributed by atoms with Gasteiger partial charge in [0.25, 0.3) is 0 Å². The molecule has 528 valence electrons. The van der Waals surface area contributed by atoms with E-state index in [2.05, 4.69) is 55.4 Å². The SMILES string of the molecule is CCC(C)CCCCCCCCC(=O)OC[C@H](COP(=O)(O)OCC(O)COP(=O)(O)OC[C@@H](COC(=O)CCCCCCCCCC(C)C)OC(=O)CCCCCCCCCCC(C)C)OC(=O)CCCCCCCCCCCCCCCCCC(C)C. The third-order valence-electron chi connectivity index (χ3n) is 16.4. The summed E-state index contributed by atoms with van der Waals surface area (Å²) in [5, 5.41) is 10.6. The molecule has 0 heterocycles. The minimum atomic E-state index is -4.95. The molecule has 4 unspecified atom stereocenters. The molecule has 0 aliphatic carbocycles. The average Bonchev–Trinajstić information content (AvgIpc) is 3.67. The molecule has 17 nitrogen and oxygen atoms in total. The topological polar surface area (TPSA) is 237 Å². The predicted octanol–water partition coefficient (Wildman–Crippen LogP) is 19.7. The maximum atomic E-state index is 13.0. The summed E-state index contributed by atoms with van der Waals surface area (Å²) < 4.78 is 68.2. The summed E-state index contributed by atoms with van der Waals surface area (Å²) in [7, 11) is -9.90. The Morgan fingerprint density at radius 1 is 0.315 bits per heavy atom. The second-order valence-corrected chi connectivity index (χ2v) is 29.8. The number of aliphatic hydroxyl groups is 1. The Balaban J connectivity index is 5.22. The van der Waals surface area contributed by atoms with Crippen LogP contribution in [0, 0.1) is 23.7 Å². The zero-order valence-electron chi connectivity index (χ0n) is 58.1. The molecule has 6 atom stereocenters. The fraction of sp³-hybridized carbons (Fsp3) is 0.943. The third kappa shape index (κ3) is 63.2. The quantitative estimate of drug-likeness (QED) is 0.0222. The highest BCUT2D eigenvalue weighted by Gasteiger charge is 2.30. The normalized spacial score (nSPS) is 14.6. The number of phosphoric ester groups is 2. The first-order chi connectivity index (χ1) is 42.6. The number of aliphatic hydroxyl groups excluding tert-OH is 1. The van der Waals surface area contributed by atoms with E-state index >= 15 is 0 Å². The first-order valence-corrected chi connectivity index (χ1v) is 39.2. The van der Waals surface area contributed by atoms with Gasteiger partial charge in [-0.2, -0.15) is 0 Å². The summed E-state index contributed by atoms with van der Waals surface area (Å²) in [6.45, 7) is 14.0. The van der Waals surface area contributed by atoms with Gasteiger partial charge < -0.3 is 33.8 Å². The molecule has 19 heteroatoms. The predicted molar refractivity (Wildman–Crippen MR) is 358 cm³/mol. The maximum Gasteiger partial charge on any atom is 0.472 e. The molecular formula is C70H136O17P2. The van der Waals surface area contributed by atoms with Crippen LogP contribution in [0.25, 0.3) is 0 Å². The van der Waals surface area contributed by atoms with Gasteiger partial charge in [-0.05, 0) is 49.4 Å². The van der Waals surface area contributed by atoms with Crippen LogP contribution in [0.15, 0.2) is 0 Å². The van der Waals surface area contributed by atoms with Gasteiger partial charge >= 0.3 is 39.5 Å². The van der Waals surface area contributed by atoms with E-state index in [1.807, 2.05) is 0 Å². The smallest absolute Gasteiger partial charge is 0.462 e. The fourth-order valence-electron chi connectivity index (χ4n) is 10.5. The van der Waals surface area contributed by atoms with E-state index in [1.165, 1.54) is 135 Å². The van der Waals surface area contributed by atoms with Crippen molar-refractivity contribution < 1.29 is 80.2 Å². The lowest BCUT2D eigenvalue weighted by Crippen LogP contribution is -2.30. The van der Waals surface area contributed by atoms with Crippen molar-refractivity contribution >= 4 is 39.5 Å². The maximum absolute atomic E-state index is 13.0. The number of carbonyl (C=O) groups excluding carboxylic acids is 4. The Hall–Kier alpha value is -1.94. The first-order valence-electron chi connectivity index (χ1n) is 36.2. The first kappa shape index (κ1) is 87.1. The van der Waals surface area contributed by atoms with Crippen molar-refractivity contribution in [3.05, 3.63) is 0 Å². The zero-order valence-corrected chi connectivity index (χ0v) is 59.8. The van der Waals surface area contributed by atoms with Crippen molar-refractivity contribution in [1.82, 2.24) is 0 Å². The summed E-state index contributed by atoms with van der Waals surface area (Å²) in [6, 6.07) is 0. The molecule has 0 aromatic heterocycles. The van der Waals surface area contributed by atoms with Crippen LogP contribution >= 0.6 is 15.6 Å². The van der Waals surface area contributed by atoms with Crippen LogP contribution in [0.3, 0.4) is 0 Å². The van der Waals surface area contributed by atoms with Gasteiger partial charge in [-0.15, -0.1) is 0 Å². The number of unbranched alkanes of at least 4 members (excludes halogenated alkanes) is 32. The largest absolute Gasteiger partial charge is 0.472 e. The summed E-state index contributed by atoms with van der Waals surface area (Å²) in [6.07, 6.45) is 41.9. The second kappa shape index (κ2) is 59.8. The molecule has 0 spiro atoms. The Morgan fingerprint density at radius 3 is 0.798 bits per heavy atom. The van der Waals surface area contributed by atoms with E-state index in [0.717, 1.165) is 120 Å². The van der Waals surface area contributed by atoms with Gasteiger partial charge in [0.15, 0.2) is 12.2 Å². The minimum Gasteiger partial charge on any atom is -0.462 e. The molecule has 0 radical (unpaired) electrons. The minimum absolute atomic E-state index is 0.103. The molecule has 0 aliphatic rings. The van der Waals surface area contributed by atoms with Crippen LogP contribution < -0.4 is 0 Å². The van der Waals surface area contributed by atoms with E-state index in [0.29, 0.717) is 31.6 Å². The number of rotatable bonds is 67. The van der Waals surface area contributed by atoms with Gasteiger partial charge in [0.1, 0.15) is 19.3 Å². The summed E-state index contributed by atoms with van der Waals surface area (Å²) in [5.74, 6) is 0.824. The van der Waals surface area contributed by atoms with Gasteiger partial charge in [-0.25, -0.2) is 9.13 Å². The van der Waals surface area contributed by atoms with Crippen LogP contribution in [0.5, 0.6) is 0 Å². The Morgan fingerprint density at radius 2 is 0.539 bits per heavy atom. The van der Waals surface area contributed by atoms with Crippen LogP contribution in [-0.4, -0.2) is 96.7 Å². The molecule has 0 aliphatic heterocycles. The highest BCUT2D eigenvalue weighted by Crippen LogP contribution is 2.45. The number of ether oxygens (including phenoxy) is 4. The van der Waals surface area contributed by atoms with Crippen molar-refractivity contribution in [2.75, 3.05) is 39.6 Å². The van der Waals surface area contributed by atoms with Crippen molar-refractivity contribution in [2.45, 2.75) is 363 Å². The lowest BCUT2D eigenvalue weighted by Gasteiger charge is -2.21. The Bertz CT molecular complexity index is 1770. The molecule has 0 saturated carbocycles.